The van der Waals surface area contributed by atoms with Crippen molar-refractivity contribution in [3.8, 4) is 16.9 Å². The van der Waals surface area contributed by atoms with E-state index < -0.39 is 5.97 Å². The van der Waals surface area contributed by atoms with Crippen molar-refractivity contribution in [1.82, 2.24) is 4.90 Å². The van der Waals surface area contributed by atoms with Crippen LogP contribution in [0, 0.1) is 0 Å². The van der Waals surface area contributed by atoms with Gasteiger partial charge in [0.05, 0.1) is 10.6 Å². The number of carbonyl (C=O) groups is 2. The van der Waals surface area contributed by atoms with Crippen LogP contribution in [0.25, 0.3) is 11.1 Å². The number of carbonyl (C=O) groups excluding carboxylic acids is 1. The first-order valence-corrected chi connectivity index (χ1v) is 12.1. The Morgan fingerprint density at radius 1 is 0.889 bits per heavy atom. The van der Waals surface area contributed by atoms with Crippen molar-refractivity contribution in [2.24, 2.45) is 0 Å². The van der Waals surface area contributed by atoms with E-state index in [1.807, 2.05) is 65.6 Å². The summed E-state index contributed by atoms with van der Waals surface area (Å²) in [4.78, 5) is 26.1. The maximum atomic E-state index is 12.8. The molecule has 0 unspecified atom stereocenters. The summed E-state index contributed by atoms with van der Waals surface area (Å²) >= 11 is 6.01. The smallest absolute Gasteiger partial charge is 0.337 e. The van der Waals surface area contributed by atoms with Crippen LogP contribution in [0.15, 0.2) is 91.0 Å². The molecule has 0 atom stereocenters. The third-order valence-corrected chi connectivity index (χ3v) is 6.66. The van der Waals surface area contributed by atoms with Gasteiger partial charge in [-0.25, -0.2) is 4.79 Å². The van der Waals surface area contributed by atoms with Crippen molar-refractivity contribution in [2.75, 3.05) is 6.54 Å². The van der Waals surface area contributed by atoms with E-state index in [0.29, 0.717) is 25.4 Å². The van der Waals surface area contributed by atoms with Gasteiger partial charge in [0.15, 0.2) is 0 Å². The lowest BCUT2D eigenvalue weighted by molar-refractivity contribution is 0.0696. The Morgan fingerprint density at radius 3 is 2.47 bits per heavy atom. The molecule has 1 aliphatic heterocycles. The summed E-state index contributed by atoms with van der Waals surface area (Å²) in [7, 11) is 0. The molecule has 0 saturated heterocycles. The molecule has 0 bridgehead atoms. The summed E-state index contributed by atoms with van der Waals surface area (Å²) in [5.41, 5.74) is 5.58. The molecule has 5 nitrogen and oxygen atoms in total. The number of hydrogen-bond donors (Lipinski definition) is 1. The topological polar surface area (TPSA) is 66.8 Å². The van der Waals surface area contributed by atoms with E-state index in [2.05, 4.69) is 12.1 Å². The molecule has 4 aromatic carbocycles. The fraction of sp³-hybridized carbons (Fsp3) is 0.133. The molecule has 180 valence electrons. The summed E-state index contributed by atoms with van der Waals surface area (Å²) < 4.78 is 6.04. The van der Waals surface area contributed by atoms with E-state index >= 15 is 0 Å². The van der Waals surface area contributed by atoms with Crippen molar-refractivity contribution in [1.29, 1.82) is 0 Å². The van der Waals surface area contributed by atoms with E-state index in [1.165, 1.54) is 5.56 Å². The van der Waals surface area contributed by atoms with Crippen molar-refractivity contribution in [3.05, 3.63) is 124 Å². The molecule has 1 aliphatic rings. The first-order chi connectivity index (χ1) is 17.5. The molecule has 36 heavy (non-hydrogen) atoms. The summed E-state index contributed by atoms with van der Waals surface area (Å²) in [6.07, 6.45) is 0.821. The fourth-order valence-electron chi connectivity index (χ4n) is 4.41. The summed E-state index contributed by atoms with van der Waals surface area (Å²) in [5, 5.41) is 9.56. The number of fused-ring (bicyclic) bond motifs is 1. The fourth-order valence-corrected chi connectivity index (χ4v) is 4.61. The Balaban J connectivity index is 1.24. The molecule has 0 spiro atoms. The molecule has 6 heteroatoms. The Bertz CT molecular complexity index is 1430. The van der Waals surface area contributed by atoms with Crippen LogP contribution in [0.3, 0.4) is 0 Å². The zero-order chi connectivity index (χ0) is 25.1. The second-order valence-electron chi connectivity index (χ2n) is 8.77. The third-order valence-electron chi connectivity index (χ3n) is 6.33. The van der Waals surface area contributed by atoms with Crippen LogP contribution in [0.5, 0.6) is 5.75 Å². The van der Waals surface area contributed by atoms with Gasteiger partial charge in [-0.15, -0.1) is 0 Å². The molecule has 4 aromatic rings. The Morgan fingerprint density at radius 2 is 1.67 bits per heavy atom. The lowest BCUT2D eigenvalue weighted by Crippen LogP contribution is -2.26. The number of benzene rings is 4. The number of aromatic carboxylic acids is 1. The Labute approximate surface area is 214 Å². The maximum Gasteiger partial charge on any atom is 0.337 e. The van der Waals surface area contributed by atoms with Crippen molar-refractivity contribution in [3.63, 3.8) is 0 Å². The SMILES string of the molecule is O=C(O)c1cc(-c2cccc(COc3ccc4c(c3)CN(CCc3ccccc3)C4=O)c2)ccc1Cl. The number of rotatable bonds is 8. The summed E-state index contributed by atoms with van der Waals surface area (Å²) in [6, 6.07) is 28.5. The number of amides is 1. The standard InChI is InChI=1S/C30H24ClNO4/c31-28-12-9-23(17-27(28)30(34)35)22-8-4-7-21(15-22)19-36-25-10-11-26-24(16-25)18-32(29(26)33)14-13-20-5-2-1-3-6-20/h1-12,15-17H,13-14,18-19H2,(H,34,35). The van der Waals surface area contributed by atoms with E-state index in [-0.39, 0.29) is 16.5 Å². The molecule has 0 radical (unpaired) electrons. The molecule has 0 saturated carbocycles. The van der Waals surface area contributed by atoms with Gasteiger partial charge < -0.3 is 14.7 Å². The van der Waals surface area contributed by atoms with Crippen LogP contribution in [0.4, 0.5) is 0 Å². The van der Waals surface area contributed by atoms with Gasteiger partial charge in [0.2, 0.25) is 0 Å². The van der Waals surface area contributed by atoms with Gasteiger partial charge >= 0.3 is 5.97 Å². The molecule has 0 aliphatic carbocycles. The van der Waals surface area contributed by atoms with Gasteiger partial charge in [-0.05, 0) is 70.6 Å². The van der Waals surface area contributed by atoms with Crippen molar-refractivity contribution >= 4 is 23.5 Å². The van der Waals surface area contributed by atoms with Gasteiger partial charge in [-0.3, -0.25) is 4.79 Å². The highest BCUT2D eigenvalue weighted by atomic mass is 35.5. The summed E-state index contributed by atoms with van der Waals surface area (Å²) in [6.45, 7) is 1.60. The molecule has 0 aromatic heterocycles. The van der Waals surface area contributed by atoms with Crippen LogP contribution in [0.2, 0.25) is 5.02 Å². The lowest BCUT2D eigenvalue weighted by Gasteiger charge is -2.15. The molecule has 5 rings (SSSR count). The highest BCUT2D eigenvalue weighted by Gasteiger charge is 2.27. The molecule has 1 heterocycles. The maximum absolute atomic E-state index is 12.8. The van der Waals surface area contributed by atoms with Crippen molar-refractivity contribution < 1.29 is 19.4 Å². The molecule has 1 amide bonds. The molecular formula is C30H24ClNO4. The normalized spacial score (nSPS) is 12.5. The minimum Gasteiger partial charge on any atom is -0.489 e. The zero-order valence-corrected chi connectivity index (χ0v) is 20.2. The average Bonchev–Trinajstić information content (AvgIpc) is 3.21. The van der Waals surface area contributed by atoms with E-state index in [4.69, 9.17) is 16.3 Å². The van der Waals surface area contributed by atoms with Gasteiger partial charge in [0.25, 0.3) is 5.91 Å². The highest BCUT2D eigenvalue weighted by molar-refractivity contribution is 6.33. The first kappa shape index (κ1) is 23.6. The second-order valence-corrected chi connectivity index (χ2v) is 9.18. The third kappa shape index (κ3) is 5.11. The van der Waals surface area contributed by atoms with Crippen LogP contribution in [-0.2, 0) is 19.6 Å². The number of ether oxygens (including phenoxy) is 1. The predicted molar refractivity (Wildman–Crippen MR) is 140 cm³/mol. The van der Waals surface area contributed by atoms with Crippen LogP contribution in [0.1, 0.15) is 37.4 Å². The number of hydrogen-bond acceptors (Lipinski definition) is 3. The van der Waals surface area contributed by atoms with Gasteiger partial charge in [-0.2, -0.15) is 0 Å². The van der Waals surface area contributed by atoms with E-state index in [9.17, 15) is 14.7 Å². The van der Waals surface area contributed by atoms with Gasteiger partial charge in [-0.1, -0.05) is 66.2 Å². The number of halogens is 1. The van der Waals surface area contributed by atoms with Crippen LogP contribution < -0.4 is 4.74 Å². The summed E-state index contributed by atoms with van der Waals surface area (Å²) in [5.74, 6) is -0.296. The van der Waals surface area contributed by atoms with Gasteiger partial charge in [0, 0.05) is 18.7 Å². The van der Waals surface area contributed by atoms with Crippen LogP contribution >= 0.6 is 11.6 Å². The zero-order valence-electron chi connectivity index (χ0n) is 19.5. The van der Waals surface area contributed by atoms with Crippen molar-refractivity contribution in [2.45, 2.75) is 19.6 Å². The first-order valence-electron chi connectivity index (χ1n) is 11.7. The molecule has 1 N–H and O–H groups in total. The monoisotopic (exact) mass is 497 g/mol. The highest BCUT2D eigenvalue weighted by Crippen LogP contribution is 2.29. The average molecular weight is 498 g/mol. The number of carboxylic acid groups (broad SMARTS) is 1. The number of nitrogens with zero attached hydrogens (tertiary/aromatic N) is 1. The predicted octanol–water partition coefficient (Wildman–Crippen LogP) is 6.48. The minimum absolute atomic E-state index is 0.0591. The van der Waals surface area contributed by atoms with Crippen LogP contribution in [-0.4, -0.2) is 28.4 Å². The molecular weight excluding hydrogens is 474 g/mol. The lowest BCUT2D eigenvalue weighted by atomic mass is 10.0. The number of carboxylic acids is 1. The molecule has 0 fully saturated rings. The quantitative estimate of drug-likeness (QED) is 0.302. The Kier molecular flexibility index (Phi) is 6.74. The minimum atomic E-state index is -1.06. The Hall–Kier alpha value is -4.09. The largest absolute Gasteiger partial charge is 0.489 e. The van der Waals surface area contributed by atoms with E-state index in [1.54, 1.807) is 18.2 Å². The van der Waals surface area contributed by atoms with Gasteiger partial charge in [0.1, 0.15) is 12.4 Å². The second kappa shape index (κ2) is 10.3. The van der Waals surface area contributed by atoms with E-state index in [0.717, 1.165) is 34.2 Å².